The number of aliphatic carboxylic acids is 1. The lowest BCUT2D eigenvalue weighted by Crippen LogP contribution is -2.51. The predicted octanol–water partition coefficient (Wildman–Crippen LogP) is 3.22. The van der Waals surface area contributed by atoms with E-state index in [-0.39, 0.29) is 17.9 Å². The number of hydrogen-bond donors (Lipinski definition) is 2. The highest BCUT2D eigenvalue weighted by atomic mass is 32.2. The van der Waals surface area contributed by atoms with E-state index >= 15 is 0 Å². The number of carboxylic acids is 1. The molecule has 2 fully saturated rings. The number of nitrogens with zero attached hydrogens (tertiary/aromatic N) is 2. The van der Waals surface area contributed by atoms with Gasteiger partial charge in [-0.3, -0.25) is 9.69 Å². The normalized spacial score (nSPS) is 19.8. The maximum absolute atomic E-state index is 13.2. The molecule has 0 unspecified atom stereocenters. The van der Waals surface area contributed by atoms with Crippen LogP contribution in [0.15, 0.2) is 53.4 Å². The Balaban J connectivity index is 1.33. The van der Waals surface area contributed by atoms with Crippen molar-refractivity contribution in [2.75, 3.05) is 32.8 Å². The minimum atomic E-state index is -3.88. The number of carbonyl (C=O) groups is 2. The fourth-order valence-corrected chi connectivity index (χ4v) is 6.87. The summed E-state index contributed by atoms with van der Waals surface area (Å²) in [5.41, 5.74) is 1.67. The third kappa shape index (κ3) is 7.80. The third-order valence-corrected chi connectivity index (χ3v) is 9.41. The maximum atomic E-state index is 13.2. The van der Waals surface area contributed by atoms with Crippen molar-refractivity contribution in [3.8, 4) is 5.75 Å². The molecule has 10 heteroatoms. The van der Waals surface area contributed by atoms with Crippen molar-refractivity contribution in [2.45, 2.75) is 68.8 Å². The van der Waals surface area contributed by atoms with Gasteiger partial charge in [0.25, 0.3) is 0 Å². The highest BCUT2D eigenvalue weighted by Gasteiger charge is 2.40. The van der Waals surface area contributed by atoms with E-state index < -0.39 is 34.0 Å². The van der Waals surface area contributed by atoms with Gasteiger partial charge < -0.3 is 15.2 Å². The minimum Gasteiger partial charge on any atom is -0.492 e. The molecule has 1 amide bonds. The first-order chi connectivity index (χ1) is 18.7. The Bertz CT molecular complexity index is 1210. The van der Waals surface area contributed by atoms with E-state index in [9.17, 15) is 23.1 Å². The standard InChI is InChI=1S/C29H39N3O6S/c1-22-8-14-25(15-9-22)39(36,37)32-18-6-7-27(32)28(33)30-26(29(34)35)21-23-10-12-24(13-11-23)38-20-19-31-16-4-2-3-5-17-31/h8-15,26-27H,2-7,16-21H2,1H3,(H,30,33)(H,34,35)/t26-,27-/m0/s1. The number of benzene rings is 2. The number of rotatable bonds is 11. The van der Waals surface area contributed by atoms with E-state index in [4.69, 9.17) is 4.74 Å². The van der Waals surface area contributed by atoms with Crippen molar-refractivity contribution in [2.24, 2.45) is 0 Å². The Morgan fingerprint density at radius 1 is 0.974 bits per heavy atom. The zero-order valence-electron chi connectivity index (χ0n) is 22.5. The quantitative estimate of drug-likeness (QED) is 0.436. The molecule has 2 saturated heterocycles. The van der Waals surface area contributed by atoms with Gasteiger partial charge in [-0.15, -0.1) is 0 Å². The summed E-state index contributed by atoms with van der Waals surface area (Å²) < 4.78 is 33.5. The minimum absolute atomic E-state index is 0.0760. The number of carbonyl (C=O) groups excluding carboxylic acids is 1. The molecule has 39 heavy (non-hydrogen) atoms. The van der Waals surface area contributed by atoms with Gasteiger partial charge >= 0.3 is 5.97 Å². The topological polar surface area (TPSA) is 116 Å². The van der Waals surface area contributed by atoms with Gasteiger partial charge in [0, 0.05) is 19.5 Å². The largest absolute Gasteiger partial charge is 0.492 e. The number of ether oxygens (including phenoxy) is 1. The van der Waals surface area contributed by atoms with E-state index in [1.54, 1.807) is 24.3 Å². The molecule has 0 bridgehead atoms. The van der Waals surface area contributed by atoms with E-state index in [0.717, 1.165) is 30.8 Å². The number of amides is 1. The Kier molecular flexibility index (Phi) is 9.99. The van der Waals surface area contributed by atoms with Gasteiger partial charge in [-0.1, -0.05) is 42.7 Å². The third-order valence-electron chi connectivity index (χ3n) is 7.49. The molecule has 0 saturated carbocycles. The van der Waals surface area contributed by atoms with Crippen molar-refractivity contribution in [1.29, 1.82) is 0 Å². The summed E-state index contributed by atoms with van der Waals surface area (Å²) >= 11 is 0. The van der Waals surface area contributed by atoms with Gasteiger partial charge in [0.1, 0.15) is 24.4 Å². The molecule has 2 aliphatic heterocycles. The first-order valence-electron chi connectivity index (χ1n) is 13.8. The summed E-state index contributed by atoms with van der Waals surface area (Å²) in [6.45, 7) is 5.78. The highest BCUT2D eigenvalue weighted by Crippen LogP contribution is 2.27. The van der Waals surface area contributed by atoms with Gasteiger partial charge in [0.2, 0.25) is 15.9 Å². The summed E-state index contributed by atoms with van der Waals surface area (Å²) in [5.74, 6) is -1.05. The lowest BCUT2D eigenvalue weighted by Gasteiger charge is -2.25. The second-order valence-electron chi connectivity index (χ2n) is 10.4. The van der Waals surface area contributed by atoms with Crippen LogP contribution in [0.4, 0.5) is 0 Å². The molecular weight excluding hydrogens is 518 g/mol. The Hall–Kier alpha value is -2.95. The Morgan fingerprint density at radius 3 is 2.28 bits per heavy atom. The van der Waals surface area contributed by atoms with Crippen LogP contribution in [-0.4, -0.2) is 79.5 Å². The van der Waals surface area contributed by atoms with Gasteiger partial charge in [-0.25, -0.2) is 13.2 Å². The van der Waals surface area contributed by atoms with E-state index in [2.05, 4.69) is 10.2 Å². The number of nitrogens with one attached hydrogen (secondary N) is 1. The molecule has 4 rings (SSSR count). The molecule has 0 aromatic heterocycles. The molecule has 2 N–H and O–H groups in total. The lowest BCUT2D eigenvalue weighted by atomic mass is 10.1. The average Bonchev–Trinajstić information content (AvgIpc) is 3.29. The van der Waals surface area contributed by atoms with Crippen molar-refractivity contribution in [3.05, 3.63) is 59.7 Å². The fraction of sp³-hybridized carbons (Fsp3) is 0.517. The number of carboxylic acid groups (broad SMARTS) is 1. The van der Waals surface area contributed by atoms with Crippen molar-refractivity contribution in [3.63, 3.8) is 0 Å². The predicted molar refractivity (Wildman–Crippen MR) is 148 cm³/mol. The molecule has 2 aliphatic rings. The number of sulfonamides is 1. The molecular formula is C29H39N3O6S. The number of hydrogen-bond acceptors (Lipinski definition) is 6. The number of aryl methyl sites for hydroxylation is 1. The van der Waals surface area contributed by atoms with Crippen LogP contribution in [0.1, 0.15) is 49.7 Å². The summed E-state index contributed by atoms with van der Waals surface area (Å²) in [7, 11) is -3.88. The highest BCUT2D eigenvalue weighted by molar-refractivity contribution is 7.89. The van der Waals surface area contributed by atoms with Crippen LogP contribution in [0, 0.1) is 6.92 Å². The van der Waals surface area contributed by atoms with E-state index in [1.807, 2.05) is 19.1 Å². The van der Waals surface area contributed by atoms with Gasteiger partial charge in [-0.2, -0.15) is 4.31 Å². The molecule has 212 valence electrons. The van der Waals surface area contributed by atoms with Gasteiger partial charge in [-0.05, 0) is 75.5 Å². The van der Waals surface area contributed by atoms with Crippen molar-refractivity contribution in [1.82, 2.24) is 14.5 Å². The Labute approximate surface area is 231 Å². The molecule has 2 aromatic carbocycles. The molecule has 9 nitrogen and oxygen atoms in total. The molecule has 2 heterocycles. The molecule has 0 radical (unpaired) electrons. The first-order valence-corrected chi connectivity index (χ1v) is 15.2. The zero-order chi connectivity index (χ0) is 27.8. The molecule has 2 atom stereocenters. The van der Waals surface area contributed by atoms with Crippen LogP contribution in [0.2, 0.25) is 0 Å². The molecule has 2 aromatic rings. The van der Waals surface area contributed by atoms with Gasteiger partial charge in [0.05, 0.1) is 4.90 Å². The van der Waals surface area contributed by atoms with Crippen LogP contribution in [-0.2, 0) is 26.0 Å². The number of likely N-dealkylation sites (tertiary alicyclic amines) is 1. The van der Waals surface area contributed by atoms with Gasteiger partial charge in [0.15, 0.2) is 0 Å². The Morgan fingerprint density at radius 2 is 1.64 bits per heavy atom. The SMILES string of the molecule is Cc1ccc(S(=O)(=O)N2CCC[C@H]2C(=O)N[C@@H](Cc2ccc(OCCN3CCCCCC3)cc2)C(=O)O)cc1. The molecule has 0 spiro atoms. The summed E-state index contributed by atoms with van der Waals surface area (Å²) in [6.07, 6.45) is 6.00. The summed E-state index contributed by atoms with van der Waals surface area (Å²) in [6, 6.07) is 11.6. The second-order valence-corrected chi connectivity index (χ2v) is 12.3. The van der Waals surface area contributed by atoms with Crippen LogP contribution in [0.25, 0.3) is 0 Å². The first kappa shape index (κ1) is 29.0. The zero-order valence-corrected chi connectivity index (χ0v) is 23.4. The summed E-state index contributed by atoms with van der Waals surface area (Å²) in [5, 5.41) is 12.4. The van der Waals surface area contributed by atoms with Crippen LogP contribution >= 0.6 is 0 Å². The fourth-order valence-electron chi connectivity index (χ4n) is 5.21. The second kappa shape index (κ2) is 13.4. The summed E-state index contributed by atoms with van der Waals surface area (Å²) in [4.78, 5) is 27.7. The average molecular weight is 558 g/mol. The van der Waals surface area contributed by atoms with Crippen molar-refractivity contribution >= 4 is 21.9 Å². The maximum Gasteiger partial charge on any atom is 0.326 e. The lowest BCUT2D eigenvalue weighted by molar-refractivity contribution is -0.142. The monoisotopic (exact) mass is 557 g/mol. The van der Waals surface area contributed by atoms with Crippen LogP contribution < -0.4 is 10.1 Å². The van der Waals surface area contributed by atoms with Crippen LogP contribution in [0.5, 0.6) is 5.75 Å². The smallest absolute Gasteiger partial charge is 0.326 e. The van der Waals surface area contributed by atoms with E-state index in [1.165, 1.54) is 42.1 Å². The molecule has 0 aliphatic carbocycles. The van der Waals surface area contributed by atoms with Crippen molar-refractivity contribution < 1.29 is 27.9 Å². The van der Waals surface area contributed by atoms with Crippen LogP contribution in [0.3, 0.4) is 0 Å². The van der Waals surface area contributed by atoms with E-state index in [0.29, 0.717) is 25.2 Å².